The third kappa shape index (κ3) is 3.23. The molecule has 1 aromatic heterocycles. The second-order valence-electron chi connectivity index (χ2n) is 7.46. The second-order valence-corrected chi connectivity index (χ2v) is 9.54. The predicted molar refractivity (Wildman–Crippen MR) is 102 cm³/mol. The summed E-state index contributed by atoms with van der Waals surface area (Å²) >= 11 is 0. The van der Waals surface area contributed by atoms with E-state index in [0.29, 0.717) is 23.0 Å². The third-order valence-corrected chi connectivity index (χ3v) is 6.35. The van der Waals surface area contributed by atoms with Gasteiger partial charge in [-0.3, -0.25) is 4.79 Å². The highest BCUT2D eigenvalue weighted by Crippen LogP contribution is 2.38. The molecule has 0 radical (unpaired) electrons. The van der Waals surface area contributed by atoms with E-state index in [-0.39, 0.29) is 5.56 Å². The van der Waals surface area contributed by atoms with Crippen LogP contribution in [0.4, 0.5) is 0 Å². The van der Waals surface area contributed by atoms with Crippen LogP contribution in [0.2, 0.25) is 0 Å². The monoisotopic (exact) mass is 374 g/mol. The molecule has 0 amide bonds. The number of hydrogen-bond donors (Lipinski definition) is 1. The summed E-state index contributed by atoms with van der Waals surface area (Å²) in [4.78, 5) is 12.8. The smallest absolute Gasteiger partial charge is 0.253 e. The van der Waals surface area contributed by atoms with Crippen LogP contribution in [-0.4, -0.2) is 22.0 Å². The highest BCUT2D eigenvalue weighted by molar-refractivity contribution is 7.97. The molecule has 1 aromatic carbocycles. The number of benzene rings is 1. The lowest BCUT2D eigenvalue weighted by molar-refractivity contribution is 0.301. The van der Waals surface area contributed by atoms with Gasteiger partial charge in [-0.2, -0.15) is 4.55 Å². The lowest BCUT2D eigenvalue weighted by atomic mass is 10.00. The maximum atomic E-state index is 12.4. The van der Waals surface area contributed by atoms with E-state index < -0.39 is 10.2 Å². The Morgan fingerprint density at radius 2 is 2.04 bits per heavy atom. The fourth-order valence-electron chi connectivity index (χ4n) is 3.56. The molecule has 6 heteroatoms. The standard InChI is InChI=1S/C20H23NO4S/c1-13-10-16(18-4-3-9-21(18)20(13)22)17-11-15(26(2,23)24)7-8-19(17)25-12-14-5-6-14/h7-8,10-11,14H,3-6,9,12H2,1-2H3/p+1. The van der Waals surface area contributed by atoms with Crippen molar-refractivity contribution >= 4 is 10.2 Å². The topological polar surface area (TPSA) is 68.5 Å². The number of pyridine rings is 1. The molecule has 26 heavy (non-hydrogen) atoms. The van der Waals surface area contributed by atoms with Gasteiger partial charge in [0.1, 0.15) is 12.0 Å². The molecule has 5 nitrogen and oxygen atoms in total. The Hall–Kier alpha value is -1.92. The van der Waals surface area contributed by atoms with Gasteiger partial charge < -0.3 is 9.30 Å². The molecule has 1 saturated carbocycles. The van der Waals surface area contributed by atoms with Gasteiger partial charge >= 0.3 is 0 Å². The molecule has 2 aliphatic rings. The van der Waals surface area contributed by atoms with Crippen LogP contribution in [0, 0.1) is 12.8 Å². The maximum Gasteiger partial charge on any atom is 0.253 e. The zero-order valence-electron chi connectivity index (χ0n) is 15.2. The van der Waals surface area contributed by atoms with Crippen molar-refractivity contribution in [2.75, 3.05) is 12.9 Å². The molecule has 1 fully saturated rings. The van der Waals surface area contributed by atoms with Crippen LogP contribution in [0.15, 0.2) is 34.0 Å². The van der Waals surface area contributed by atoms with Gasteiger partial charge in [0.2, 0.25) is 10.2 Å². The zero-order chi connectivity index (χ0) is 18.5. The van der Waals surface area contributed by atoms with Crippen molar-refractivity contribution in [2.24, 2.45) is 5.92 Å². The molecule has 0 spiro atoms. The average Bonchev–Trinajstić information content (AvgIpc) is 3.29. The number of nitrogens with zero attached hydrogens (tertiary/aromatic N) is 1. The van der Waals surface area contributed by atoms with Crippen molar-refractivity contribution in [2.45, 2.75) is 44.0 Å². The summed E-state index contributed by atoms with van der Waals surface area (Å²) in [5.41, 5.74) is 3.48. The second kappa shape index (κ2) is 6.35. The molecular weight excluding hydrogens is 350 g/mol. The first-order chi connectivity index (χ1) is 12.3. The van der Waals surface area contributed by atoms with E-state index in [4.69, 9.17) is 4.74 Å². The van der Waals surface area contributed by atoms with E-state index in [0.717, 1.165) is 42.0 Å². The number of ether oxygens (including phenoxy) is 1. The minimum atomic E-state index is -3.08. The highest BCUT2D eigenvalue weighted by atomic mass is 32.3. The van der Waals surface area contributed by atoms with E-state index in [9.17, 15) is 13.6 Å². The van der Waals surface area contributed by atoms with Crippen LogP contribution in [0.1, 0.15) is 30.5 Å². The van der Waals surface area contributed by atoms with E-state index in [2.05, 4.69) is 0 Å². The summed E-state index contributed by atoms with van der Waals surface area (Å²) in [5.74, 6) is 1.33. The summed E-state index contributed by atoms with van der Waals surface area (Å²) in [6.45, 7) is 3.22. The average molecular weight is 374 g/mol. The molecule has 0 bridgehead atoms. The van der Waals surface area contributed by atoms with Crippen molar-refractivity contribution in [1.29, 1.82) is 0 Å². The fraction of sp³-hybridized carbons (Fsp3) is 0.450. The van der Waals surface area contributed by atoms with Crippen molar-refractivity contribution in [3.63, 3.8) is 0 Å². The first-order valence-corrected chi connectivity index (χ1v) is 11.0. The van der Waals surface area contributed by atoms with Gasteiger partial charge in [-0.05, 0) is 56.7 Å². The van der Waals surface area contributed by atoms with Crippen LogP contribution in [0.25, 0.3) is 11.1 Å². The van der Waals surface area contributed by atoms with Gasteiger partial charge in [-0.15, -0.1) is 0 Å². The summed E-state index contributed by atoms with van der Waals surface area (Å²) in [6, 6.07) is 7.11. The van der Waals surface area contributed by atoms with Gasteiger partial charge in [0.25, 0.3) is 5.56 Å². The number of rotatable bonds is 5. The lowest BCUT2D eigenvalue weighted by Crippen LogP contribution is -2.22. The quantitative estimate of drug-likeness (QED) is 0.813. The molecule has 1 atom stereocenters. The normalized spacial score (nSPS) is 18.4. The summed E-state index contributed by atoms with van der Waals surface area (Å²) in [7, 11) is -3.08. The van der Waals surface area contributed by atoms with E-state index in [1.54, 1.807) is 18.2 Å². The molecule has 2 aromatic rings. The van der Waals surface area contributed by atoms with Crippen molar-refractivity contribution < 1.29 is 13.5 Å². The minimum Gasteiger partial charge on any atom is -0.493 e. The van der Waals surface area contributed by atoms with Gasteiger partial charge in [0.15, 0.2) is 4.90 Å². The lowest BCUT2D eigenvalue weighted by Gasteiger charge is -2.16. The summed E-state index contributed by atoms with van der Waals surface area (Å²) < 4.78 is 30.1. The van der Waals surface area contributed by atoms with E-state index in [1.807, 2.05) is 17.6 Å². The van der Waals surface area contributed by atoms with Crippen molar-refractivity contribution in [3.8, 4) is 16.9 Å². The van der Waals surface area contributed by atoms with E-state index >= 15 is 0 Å². The van der Waals surface area contributed by atoms with Gasteiger partial charge in [-0.1, -0.05) is 4.21 Å². The zero-order valence-corrected chi connectivity index (χ0v) is 16.0. The summed E-state index contributed by atoms with van der Waals surface area (Å²) in [5, 5.41) is 0. The predicted octanol–water partition coefficient (Wildman–Crippen LogP) is 3.52. The summed E-state index contributed by atoms with van der Waals surface area (Å²) in [6.07, 6.45) is 5.48. The Labute approximate surface area is 154 Å². The molecule has 1 unspecified atom stereocenters. The van der Waals surface area contributed by atoms with Gasteiger partial charge in [0.05, 0.1) is 6.61 Å². The maximum absolute atomic E-state index is 12.4. The molecule has 0 saturated heterocycles. The molecule has 1 aliphatic heterocycles. The Morgan fingerprint density at radius 3 is 2.73 bits per heavy atom. The number of fused-ring (bicyclic) bond motifs is 1. The van der Waals surface area contributed by atoms with Crippen LogP contribution < -0.4 is 10.3 Å². The number of aryl methyl sites for hydroxylation is 1. The van der Waals surface area contributed by atoms with Crippen LogP contribution in [0.3, 0.4) is 0 Å². The van der Waals surface area contributed by atoms with Gasteiger partial charge in [-0.25, -0.2) is 0 Å². The molecule has 138 valence electrons. The third-order valence-electron chi connectivity index (χ3n) is 5.23. The highest BCUT2D eigenvalue weighted by Gasteiger charge is 2.28. The first kappa shape index (κ1) is 17.5. The Balaban J connectivity index is 1.88. The molecule has 4 rings (SSSR count). The number of aromatic nitrogens is 1. The Bertz CT molecular complexity index is 969. The Kier molecular flexibility index (Phi) is 4.28. The number of hydrogen-bond acceptors (Lipinski definition) is 3. The first-order valence-electron chi connectivity index (χ1n) is 9.07. The SMILES string of the molecule is Cc1cc(-c2cc([S+](C)(=O)O)ccc2OCC2CC2)c2n(c1=O)CCC2. The van der Waals surface area contributed by atoms with Crippen molar-refractivity contribution in [1.82, 2.24) is 4.57 Å². The molecular formula is C20H24NO4S+. The van der Waals surface area contributed by atoms with Crippen LogP contribution in [-0.2, 0) is 27.4 Å². The largest absolute Gasteiger partial charge is 0.493 e. The molecule has 1 N–H and O–H groups in total. The minimum absolute atomic E-state index is 0.0549. The molecule has 2 heterocycles. The Morgan fingerprint density at radius 1 is 1.27 bits per heavy atom. The van der Waals surface area contributed by atoms with E-state index in [1.165, 1.54) is 19.1 Å². The van der Waals surface area contributed by atoms with Crippen LogP contribution in [0.5, 0.6) is 5.75 Å². The van der Waals surface area contributed by atoms with Crippen LogP contribution >= 0.6 is 0 Å². The van der Waals surface area contributed by atoms with Gasteiger partial charge in [0, 0.05) is 35.0 Å². The van der Waals surface area contributed by atoms with Crippen molar-refractivity contribution in [3.05, 3.63) is 45.9 Å². The molecule has 1 aliphatic carbocycles. The fourth-order valence-corrected chi connectivity index (χ4v) is 4.22.